The summed E-state index contributed by atoms with van der Waals surface area (Å²) in [5.74, 6) is -0.429. The van der Waals surface area contributed by atoms with Crippen molar-refractivity contribution in [3.63, 3.8) is 0 Å². The fourth-order valence-electron chi connectivity index (χ4n) is 5.44. The van der Waals surface area contributed by atoms with Crippen molar-refractivity contribution >= 4 is 40.5 Å². The Morgan fingerprint density at radius 3 is 2.39 bits per heavy atom. The number of hydrazone groups is 1. The van der Waals surface area contributed by atoms with Crippen molar-refractivity contribution in [3.05, 3.63) is 83.0 Å². The molecule has 3 aliphatic rings. The molecule has 1 aliphatic heterocycles. The first-order valence-corrected chi connectivity index (χ1v) is 10.9. The van der Waals surface area contributed by atoms with Crippen LogP contribution in [0.4, 0.5) is 0 Å². The highest BCUT2D eigenvalue weighted by atomic mass is 35.5. The summed E-state index contributed by atoms with van der Waals surface area (Å²) in [6.07, 6.45) is 8.73. The van der Waals surface area contributed by atoms with Gasteiger partial charge in [-0.25, -0.2) is 0 Å². The molecule has 5 nitrogen and oxygen atoms in total. The number of aromatic nitrogens is 1. The predicted molar refractivity (Wildman–Crippen MR) is 120 cm³/mol. The Balaban J connectivity index is 1.33. The lowest BCUT2D eigenvalue weighted by Crippen LogP contribution is -2.28. The quantitative estimate of drug-likeness (QED) is 0.348. The van der Waals surface area contributed by atoms with Crippen LogP contribution in [0.15, 0.2) is 72.0 Å². The lowest BCUT2D eigenvalue weighted by atomic mass is 9.85. The smallest absolute Gasteiger partial charge is 0.254 e. The standard InChI is InChI=1S/C25H20ClN3O2/c26-20-7-3-1-5-17(20)13-28-14-18(19-6-2-4-8-21(19)28)12-27-29-24(30)22-15-9-10-16(11-15)23(22)25(29)31/h1-10,12,14-16,22-23H,11,13H2/b27-12-/t15-,16-,22-,23+/m0/s1. The van der Waals surface area contributed by atoms with Crippen LogP contribution in [0.25, 0.3) is 10.9 Å². The van der Waals surface area contributed by atoms with Crippen molar-refractivity contribution in [2.75, 3.05) is 0 Å². The number of carbonyl (C=O) groups is 2. The van der Waals surface area contributed by atoms with E-state index >= 15 is 0 Å². The minimum Gasteiger partial charge on any atom is -0.342 e. The number of fused-ring (bicyclic) bond motifs is 6. The van der Waals surface area contributed by atoms with Gasteiger partial charge >= 0.3 is 0 Å². The maximum Gasteiger partial charge on any atom is 0.254 e. The van der Waals surface area contributed by atoms with Gasteiger partial charge in [-0.15, -0.1) is 0 Å². The molecule has 6 rings (SSSR count). The zero-order chi connectivity index (χ0) is 21.1. The summed E-state index contributed by atoms with van der Waals surface area (Å²) in [6, 6.07) is 15.8. The first-order chi connectivity index (χ1) is 15.1. The second-order valence-corrected chi connectivity index (χ2v) is 8.96. The van der Waals surface area contributed by atoms with E-state index in [1.807, 2.05) is 54.7 Å². The van der Waals surface area contributed by atoms with Crippen molar-refractivity contribution in [1.82, 2.24) is 9.58 Å². The molecular weight excluding hydrogens is 410 g/mol. The van der Waals surface area contributed by atoms with E-state index in [-0.39, 0.29) is 35.5 Å². The normalized spacial score (nSPS) is 26.7. The number of allylic oxidation sites excluding steroid dienone is 2. The van der Waals surface area contributed by atoms with Gasteiger partial charge in [0.15, 0.2) is 0 Å². The van der Waals surface area contributed by atoms with Crippen molar-refractivity contribution in [2.24, 2.45) is 28.8 Å². The summed E-state index contributed by atoms with van der Waals surface area (Å²) in [7, 11) is 0. The number of rotatable bonds is 4. The fourth-order valence-corrected chi connectivity index (χ4v) is 5.63. The molecule has 1 saturated carbocycles. The van der Waals surface area contributed by atoms with Crippen LogP contribution in [-0.2, 0) is 16.1 Å². The number of hydrogen-bond acceptors (Lipinski definition) is 3. The molecule has 0 spiro atoms. The maximum absolute atomic E-state index is 12.9. The Morgan fingerprint density at radius 1 is 0.968 bits per heavy atom. The molecule has 2 heterocycles. The van der Waals surface area contributed by atoms with Crippen molar-refractivity contribution in [3.8, 4) is 0 Å². The molecule has 2 amide bonds. The molecule has 0 N–H and O–H groups in total. The highest BCUT2D eigenvalue weighted by Gasteiger charge is 2.59. The highest BCUT2D eigenvalue weighted by molar-refractivity contribution is 6.31. The van der Waals surface area contributed by atoms with Gasteiger partial charge in [0.2, 0.25) is 0 Å². The topological polar surface area (TPSA) is 54.7 Å². The minimum atomic E-state index is -0.235. The largest absolute Gasteiger partial charge is 0.342 e. The fraction of sp³-hybridized carbons (Fsp3) is 0.240. The molecule has 0 radical (unpaired) electrons. The Morgan fingerprint density at radius 2 is 1.65 bits per heavy atom. The maximum atomic E-state index is 12.9. The lowest BCUT2D eigenvalue weighted by Gasteiger charge is -2.13. The number of carbonyl (C=O) groups excluding carboxylic acids is 2. The molecule has 1 aromatic heterocycles. The minimum absolute atomic E-state index is 0.164. The Labute approximate surface area is 184 Å². The zero-order valence-corrected chi connectivity index (χ0v) is 17.4. The molecule has 2 aliphatic carbocycles. The highest BCUT2D eigenvalue weighted by Crippen LogP contribution is 2.52. The number of nitrogens with zero attached hydrogens (tertiary/aromatic N) is 3. The number of halogens is 1. The van der Waals surface area contributed by atoms with Gasteiger partial charge in [-0.1, -0.05) is 60.2 Å². The van der Waals surface area contributed by atoms with Crippen LogP contribution >= 0.6 is 11.6 Å². The van der Waals surface area contributed by atoms with Crippen LogP contribution in [0, 0.1) is 23.7 Å². The summed E-state index contributed by atoms with van der Waals surface area (Å²) in [5.41, 5.74) is 2.93. The van der Waals surface area contributed by atoms with Crippen molar-refractivity contribution < 1.29 is 9.59 Å². The van der Waals surface area contributed by atoms with E-state index in [0.717, 1.165) is 38.5 Å². The molecule has 4 atom stereocenters. The summed E-state index contributed by atoms with van der Waals surface area (Å²) >= 11 is 6.36. The summed E-state index contributed by atoms with van der Waals surface area (Å²) in [4.78, 5) is 25.8. The summed E-state index contributed by atoms with van der Waals surface area (Å²) < 4.78 is 2.12. The average molecular weight is 430 g/mol. The molecule has 2 bridgehead atoms. The van der Waals surface area contributed by atoms with E-state index in [9.17, 15) is 9.59 Å². The molecule has 1 saturated heterocycles. The third kappa shape index (κ3) is 2.80. The number of benzene rings is 2. The number of amides is 2. The van der Waals surface area contributed by atoms with E-state index < -0.39 is 0 Å². The van der Waals surface area contributed by atoms with E-state index in [4.69, 9.17) is 11.6 Å². The molecule has 2 aromatic carbocycles. The van der Waals surface area contributed by atoms with Gasteiger partial charge in [0, 0.05) is 34.2 Å². The molecule has 154 valence electrons. The van der Waals surface area contributed by atoms with Gasteiger partial charge in [0.05, 0.1) is 18.1 Å². The number of imide groups is 1. The third-order valence-electron chi connectivity index (χ3n) is 6.88. The average Bonchev–Trinajstić information content (AvgIpc) is 3.53. The summed E-state index contributed by atoms with van der Waals surface area (Å²) in [5, 5.41) is 7.20. The predicted octanol–water partition coefficient (Wildman–Crippen LogP) is 4.48. The van der Waals surface area contributed by atoms with Gasteiger partial charge in [0.25, 0.3) is 11.8 Å². The van der Waals surface area contributed by atoms with Gasteiger partial charge < -0.3 is 4.57 Å². The molecule has 2 fully saturated rings. The van der Waals surface area contributed by atoms with Gasteiger partial charge in [0.1, 0.15) is 0 Å². The number of hydrogen-bond donors (Lipinski definition) is 0. The van der Waals surface area contributed by atoms with E-state index in [2.05, 4.69) is 21.8 Å². The third-order valence-corrected chi connectivity index (χ3v) is 7.25. The Bertz CT molecular complexity index is 1260. The monoisotopic (exact) mass is 429 g/mol. The van der Waals surface area contributed by atoms with E-state index in [0.29, 0.717) is 6.54 Å². The van der Waals surface area contributed by atoms with Crippen molar-refractivity contribution in [1.29, 1.82) is 0 Å². The molecule has 3 aromatic rings. The molecular formula is C25H20ClN3O2. The Kier molecular flexibility index (Phi) is 4.15. The Hall–Kier alpha value is -3.18. The van der Waals surface area contributed by atoms with Gasteiger partial charge in [-0.05, 0) is 36.0 Å². The molecule has 6 heteroatoms. The lowest BCUT2D eigenvalue weighted by molar-refractivity contribution is -0.140. The van der Waals surface area contributed by atoms with Crippen LogP contribution in [0.3, 0.4) is 0 Å². The van der Waals surface area contributed by atoms with Gasteiger partial charge in [-0.3, -0.25) is 9.59 Å². The second-order valence-electron chi connectivity index (χ2n) is 8.55. The van der Waals surface area contributed by atoms with Gasteiger partial charge in [-0.2, -0.15) is 10.1 Å². The first-order valence-electron chi connectivity index (χ1n) is 10.5. The molecule has 31 heavy (non-hydrogen) atoms. The van der Waals surface area contributed by atoms with Crippen LogP contribution in [0.5, 0.6) is 0 Å². The zero-order valence-electron chi connectivity index (χ0n) is 16.7. The van der Waals surface area contributed by atoms with Crippen LogP contribution in [0.1, 0.15) is 17.5 Å². The second kappa shape index (κ2) is 6.92. The van der Waals surface area contributed by atoms with Crippen molar-refractivity contribution in [2.45, 2.75) is 13.0 Å². The van der Waals surface area contributed by atoms with E-state index in [1.54, 1.807) is 6.21 Å². The molecule has 0 unspecified atom stereocenters. The van der Waals surface area contributed by atoms with Crippen LogP contribution in [-0.4, -0.2) is 27.6 Å². The SMILES string of the molecule is O=C1[C@@H]2[C@H](C(=O)N1/N=C\c1cn(Cc3ccccc3Cl)c3ccccc13)[C@H]1C=C[C@H]2C1. The van der Waals surface area contributed by atoms with Crippen LogP contribution < -0.4 is 0 Å². The van der Waals surface area contributed by atoms with Crippen LogP contribution in [0.2, 0.25) is 5.02 Å². The summed E-state index contributed by atoms with van der Waals surface area (Å²) in [6.45, 7) is 0.620. The first kappa shape index (κ1) is 18.6. The van der Waals surface area contributed by atoms with E-state index in [1.165, 1.54) is 0 Å². The number of para-hydroxylation sites is 1.